The summed E-state index contributed by atoms with van der Waals surface area (Å²) in [6.45, 7) is 0. The van der Waals surface area contributed by atoms with Crippen molar-refractivity contribution in [3.05, 3.63) is 81.6 Å². The third-order valence-corrected chi connectivity index (χ3v) is 5.79. The highest BCUT2D eigenvalue weighted by Crippen LogP contribution is 2.58. The van der Waals surface area contributed by atoms with Crippen molar-refractivity contribution in [3.63, 3.8) is 0 Å². The Balaban J connectivity index is 2.14. The monoisotopic (exact) mass is 318 g/mol. The molecule has 0 aromatic heterocycles. The van der Waals surface area contributed by atoms with E-state index in [1.165, 1.54) is 23.5 Å². The van der Waals surface area contributed by atoms with Crippen molar-refractivity contribution in [2.45, 2.75) is 0 Å². The van der Waals surface area contributed by atoms with Crippen LogP contribution in [0.1, 0.15) is 11.1 Å². The fraction of sp³-hybridized carbons (Fsp3) is 0. The van der Waals surface area contributed by atoms with Crippen LogP contribution in [-0.4, -0.2) is 0 Å². The van der Waals surface area contributed by atoms with Crippen LogP contribution in [0.4, 0.5) is 0 Å². The van der Waals surface area contributed by atoms with Gasteiger partial charge in [-0.1, -0.05) is 84.2 Å². The number of nitrogens with zero attached hydrogens (tertiary/aromatic N) is 2. The van der Waals surface area contributed by atoms with Crippen LogP contribution in [0.5, 0.6) is 0 Å². The van der Waals surface area contributed by atoms with E-state index < -0.39 is 0 Å². The molecule has 0 atom stereocenters. The van der Waals surface area contributed by atoms with Gasteiger partial charge in [-0.15, -0.1) is 0 Å². The first-order chi connectivity index (χ1) is 10.8. The van der Waals surface area contributed by atoms with Gasteiger partial charge in [0, 0.05) is 9.81 Å². The van der Waals surface area contributed by atoms with Gasteiger partial charge in [-0.25, -0.2) is 0 Å². The van der Waals surface area contributed by atoms with E-state index in [9.17, 15) is 0 Å². The van der Waals surface area contributed by atoms with Crippen molar-refractivity contribution in [3.8, 4) is 12.1 Å². The number of allylic oxidation sites excluding steroid dienone is 1. The third-order valence-electron chi connectivity index (χ3n) is 3.10. The second-order valence-electron chi connectivity index (χ2n) is 4.48. The van der Waals surface area contributed by atoms with E-state index in [1.807, 2.05) is 72.8 Å². The highest BCUT2D eigenvalue weighted by molar-refractivity contribution is 8.34. The lowest BCUT2D eigenvalue weighted by Crippen LogP contribution is -1.81. The molecule has 0 saturated heterocycles. The largest absolute Gasteiger partial charge is 0.192 e. The highest BCUT2D eigenvalue weighted by Gasteiger charge is 2.26. The minimum atomic E-state index is 0.175. The van der Waals surface area contributed by atoms with Gasteiger partial charge in [0.05, 0.1) is 4.24 Å². The minimum Gasteiger partial charge on any atom is -0.192 e. The average Bonchev–Trinajstić information content (AvgIpc) is 3.03. The standard InChI is InChI=1S/C18H10N2S2/c19-11-15(12-20)18-21-16(13-7-3-1-4-8-13)17(22-18)14-9-5-2-6-10-14/h1-10H. The molecule has 0 radical (unpaired) electrons. The number of hydrogen-bond donors (Lipinski definition) is 0. The number of thioether (sulfide) groups is 2. The molecule has 1 aliphatic heterocycles. The molecule has 2 aromatic rings. The zero-order valence-corrected chi connectivity index (χ0v) is 13.1. The van der Waals surface area contributed by atoms with Crippen LogP contribution < -0.4 is 0 Å². The number of rotatable bonds is 2. The Hall–Kier alpha value is -2.40. The maximum atomic E-state index is 9.12. The summed E-state index contributed by atoms with van der Waals surface area (Å²) in [5.41, 5.74) is 2.38. The Morgan fingerprint density at radius 1 is 0.682 bits per heavy atom. The van der Waals surface area contributed by atoms with E-state index in [0.717, 1.165) is 25.2 Å². The Kier molecular flexibility index (Phi) is 4.34. The van der Waals surface area contributed by atoms with Crippen molar-refractivity contribution in [2.75, 3.05) is 0 Å². The Morgan fingerprint density at radius 2 is 1.09 bits per heavy atom. The van der Waals surface area contributed by atoms with Crippen molar-refractivity contribution in [1.82, 2.24) is 0 Å². The van der Waals surface area contributed by atoms with E-state index in [1.54, 1.807) is 0 Å². The third kappa shape index (κ3) is 2.80. The molecule has 4 heteroatoms. The lowest BCUT2D eigenvalue weighted by molar-refractivity contribution is 1.47. The zero-order chi connectivity index (χ0) is 15.4. The highest BCUT2D eigenvalue weighted by atomic mass is 32.2. The second-order valence-corrected chi connectivity index (χ2v) is 6.78. The molecule has 0 fully saturated rings. The van der Waals surface area contributed by atoms with Gasteiger partial charge >= 0.3 is 0 Å². The number of hydrogen-bond acceptors (Lipinski definition) is 4. The Bertz CT molecular complexity index is 769. The summed E-state index contributed by atoms with van der Waals surface area (Å²) >= 11 is 3.00. The first-order valence-corrected chi connectivity index (χ1v) is 8.22. The average molecular weight is 318 g/mol. The predicted molar refractivity (Wildman–Crippen MR) is 93.1 cm³/mol. The molecule has 0 N–H and O–H groups in total. The van der Waals surface area contributed by atoms with Gasteiger partial charge in [0.1, 0.15) is 17.7 Å². The van der Waals surface area contributed by atoms with Gasteiger partial charge in [-0.3, -0.25) is 0 Å². The van der Waals surface area contributed by atoms with Crippen LogP contribution in [0, 0.1) is 22.7 Å². The topological polar surface area (TPSA) is 47.6 Å². The first-order valence-electron chi connectivity index (χ1n) is 6.59. The van der Waals surface area contributed by atoms with Crippen LogP contribution in [0.2, 0.25) is 0 Å². The van der Waals surface area contributed by atoms with E-state index in [-0.39, 0.29) is 5.57 Å². The van der Waals surface area contributed by atoms with E-state index >= 15 is 0 Å². The zero-order valence-electron chi connectivity index (χ0n) is 11.5. The SMILES string of the molecule is N#CC(C#N)=C1SC(c2ccccc2)=C(c2ccccc2)S1. The summed E-state index contributed by atoms with van der Waals surface area (Å²) in [6, 6.07) is 24.1. The summed E-state index contributed by atoms with van der Waals surface area (Å²) < 4.78 is 0.753. The molecule has 2 aromatic carbocycles. The van der Waals surface area contributed by atoms with Gasteiger partial charge in [0.15, 0.2) is 0 Å². The summed E-state index contributed by atoms with van der Waals surface area (Å²) in [5.74, 6) is 0. The first kappa shape index (κ1) is 14.5. The molecule has 1 aliphatic rings. The maximum Gasteiger partial charge on any atom is 0.150 e. The lowest BCUT2D eigenvalue weighted by Gasteiger charge is -2.05. The number of benzene rings is 2. The molecule has 22 heavy (non-hydrogen) atoms. The molecule has 1 heterocycles. The number of nitriles is 2. The molecule has 0 spiro atoms. The Labute approximate surface area is 137 Å². The molecule has 0 amide bonds. The smallest absolute Gasteiger partial charge is 0.150 e. The molecule has 3 rings (SSSR count). The van der Waals surface area contributed by atoms with Crippen LogP contribution in [-0.2, 0) is 0 Å². The molecule has 0 unspecified atom stereocenters. The summed E-state index contributed by atoms with van der Waals surface area (Å²) in [5, 5.41) is 18.2. The quantitative estimate of drug-likeness (QED) is 0.709. The predicted octanol–water partition coefficient (Wildman–Crippen LogP) is 5.25. The van der Waals surface area contributed by atoms with Gasteiger partial charge in [0.25, 0.3) is 0 Å². The summed E-state index contributed by atoms with van der Waals surface area (Å²) in [6.07, 6.45) is 0. The molecular weight excluding hydrogens is 308 g/mol. The maximum absolute atomic E-state index is 9.12. The molecular formula is C18H10N2S2. The van der Waals surface area contributed by atoms with E-state index in [2.05, 4.69) is 0 Å². The van der Waals surface area contributed by atoms with Gasteiger partial charge < -0.3 is 0 Å². The second kappa shape index (κ2) is 6.58. The lowest BCUT2D eigenvalue weighted by atomic mass is 10.1. The molecule has 0 aliphatic carbocycles. The van der Waals surface area contributed by atoms with Crippen LogP contribution in [0.15, 0.2) is 70.5 Å². The van der Waals surface area contributed by atoms with Gasteiger partial charge in [-0.2, -0.15) is 10.5 Å². The van der Waals surface area contributed by atoms with Crippen molar-refractivity contribution in [2.24, 2.45) is 0 Å². The fourth-order valence-electron chi connectivity index (χ4n) is 2.08. The van der Waals surface area contributed by atoms with Gasteiger partial charge in [0.2, 0.25) is 0 Å². The minimum absolute atomic E-state index is 0.175. The van der Waals surface area contributed by atoms with Crippen LogP contribution in [0.25, 0.3) is 9.81 Å². The normalized spacial score (nSPS) is 13.6. The van der Waals surface area contributed by atoms with Crippen molar-refractivity contribution >= 4 is 33.3 Å². The molecule has 0 bridgehead atoms. The van der Waals surface area contributed by atoms with Crippen molar-refractivity contribution in [1.29, 1.82) is 10.5 Å². The summed E-state index contributed by atoms with van der Waals surface area (Å²) in [7, 11) is 0. The summed E-state index contributed by atoms with van der Waals surface area (Å²) in [4.78, 5) is 2.18. The van der Waals surface area contributed by atoms with Crippen molar-refractivity contribution < 1.29 is 0 Å². The van der Waals surface area contributed by atoms with E-state index in [0.29, 0.717) is 0 Å². The molecule has 0 saturated carbocycles. The van der Waals surface area contributed by atoms with Crippen LogP contribution in [0.3, 0.4) is 0 Å². The fourth-order valence-corrected chi connectivity index (χ4v) is 4.68. The van der Waals surface area contributed by atoms with E-state index in [4.69, 9.17) is 10.5 Å². The Morgan fingerprint density at radius 3 is 1.45 bits per heavy atom. The molecule has 2 nitrogen and oxygen atoms in total. The van der Waals surface area contributed by atoms with Gasteiger partial charge in [-0.05, 0) is 11.1 Å². The van der Waals surface area contributed by atoms with Crippen LogP contribution >= 0.6 is 23.5 Å². The molecule has 104 valence electrons.